The summed E-state index contributed by atoms with van der Waals surface area (Å²) in [7, 11) is 0. The van der Waals surface area contributed by atoms with Gasteiger partial charge in [0.2, 0.25) is 0 Å². The molecule has 0 saturated carbocycles. The minimum Gasteiger partial charge on any atom is -0.772 e. The van der Waals surface area contributed by atoms with Gasteiger partial charge in [-0.25, -0.2) is 0 Å². The Morgan fingerprint density at radius 2 is 2.00 bits per heavy atom. The first-order valence-corrected chi connectivity index (χ1v) is 3.63. The summed E-state index contributed by atoms with van der Waals surface area (Å²) in [6.07, 6.45) is 0.792. The molecule has 0 saturated heterocycles. The van der Waals surface area contributed by atoms with Crippen molar-refractivity contribution in [2.24, 2.45) is 0 Å². The maximum Gasteiger partial charge on any atom is 1.00 e. The Morgan fingerprint density at radius 1 is 1.44 bits per heavy atom. The topological polar surface area (TPSA) is 40.1 Å². The van der Waals surface area contributed by atoms with Crippen molar-refractivity contribution in [3.8, 4) is 0 Å². The second-order valence-electron chi connectivity index (χ2n) is 1.40. The summed E-state index contributed by atoms with van der Waals surface area (Å²) in [6.45, 7) is -0.419. The Hall–Kier alpha value is 1.04. The molecule has 0 aliphatic rings. The average Bonchev–Trinajstić information content (AvgIpc) is 1.66. The monoisotopic (exact) mass is 162 g/mol. The Kier molecular flexibility index (Phi) is 12.7. The zero-order valence-electron chi connectivity index (χ0n) is 5.43. The zero-order valence-corrected chi connectivity index (χ0v) is 8.25. The molecule has 0 N–H and O–H groups in total. The van der Waals surface area contributed by atoms with E-state index in [1.54, 1.807) is 0 Å². The normalized spacial score (nSPS) is 12.2. The van der Waals surface area contributed by atoms with Crippen LogP contribution in [0.3, 0.4) is 0 Å². The molecule has 1 unspecified atom stereocenters. The van der Waals surface area contributed by atoms with E-state index in [2.05, 4.69) is 0 Å². The van der Waals surface area contributed by atoms with Crippen LogP contribution < -0.4 is 29.6 Å². The van der Waals surface area contributed by atoms with Gasteiger partial charge in [0.15, 0.2) is 0 Å². The fourth-order valence-corrected chi connectivity index (χ4v) is 0.754. The Labute approximate surface area is 78.8 Å². The third kappa shape index (κ3) is 12.3. The van der Waals surface area contributed by atoms with Gasteiger partial charge in [0.25, 0.3) is 0 Å². The molecule has 0 aromatic heterocycles. The Balaban J connectivity index is 0. The standard InChI is InChI=1S/C4H9FO2S.Na/c5-3-1-2-4-8(6)7;/h1-4H2,(H,6,7);/q;+1/p-1. The van der Waals surface area contributed by atoms with E-state index in [0.717, 1.165) is 0 Å². The van der Waals surface area contributed by atoms with Gasteiger partial charge in [-0.15, -0.1) is 0 Å². The van der Waals surface area contributed by atoms with Gasteiger partial charge in [-0.3, -0.25) is 8.60 Å². The van der Waals surface area contributed by atoms with E-state index in [4.69, 9.17) is 0 Å². The SMILES string of the molecule is O=S([O-])CCCCF.[Na+]. The fourth-order valence-electron chi connectivity index (χ4n) is 0.314. The van der Waals surface area contributed by atoms with Gasteiger partial charge < -0.3 is 4.55 Å². The van der Waals surface area contributed by atoms with Crippen molar-refractivity contribution >= 4 is 11.1 Å². The fraction of sp³-hybridized carbons (Fsp3) is 1.00. The van der Waals surface area contributed by atoms with E-state index >= 15 is 0 Å². The van der Waals surface area contributed by atoms with Crippen LogP contribution in [0.5, 0.6) is 0 Å². The first-order chi connectivity index (χ1) is 3.77. The van der Waals surface area contributed by atoms with Gasteiger partial charge in [0, 0.05) is 5.75 Å². The van der Waals surface area contributed by atoms with E-state index < -0.39 is 17.8 Å². The summed E-state index contributed by atoms with van der Waals surface area (Å²) in [4.78, 5) is 0. The van der Waals surface area contributed by atoms with Crippen LogP contribution in [0.1, 0.15) is 12.8 Å². The van der Waals surface area contributed by atoms with Crippen molar-refractivity contribution in [2.75, 3.05) is 12.4 Å². The number of halogens is 1. The van der Waals surface area contributed by atoms with E-state index in [-0.39, 0.29) is 35.3 Å². The van der Waals surface area contributed by atoms with Crippen LogP contribution in [-0.4, -0.2) is 21.2 Å². The molecule has 1 atom stereocenters. The van der Waals surface area contributed by atoms with Crippen LogP contribution in [0, 0.1) is 0 Å². The molecule has 0 aromatic rings. The molecule has 0 radical (unpaired) electrons. The molecule has 0 rings (SSSR count). The van der Waals surface area contributed by atoms with Crippen LogP contribution >= 0.6 is 0 Å². The first kappa shape index (κ1) is 12.7. The second kappa shape index (κ2) is 9.04. The van der Waals surface area contributed by atoms with Crippen molar-refractivity contribution in [3.63, 3.8) is 0 Å². The molecule has 0 heterocycles. The first-order valence-electron chi connectivity index (χ1n) is 2.39. The molecule has 0 fully saturated rings. The van der Waals surface area contributed by atoms with Crippen LogP contribution in [-0.2, 0) is 11.1 Å². The van der Waals surface area contributed by atoms with Crippen molar-refractivity contribution in [3.05, 3.63) is 0 Å². The summed E-state index contributed by atoms with van der Waals surface area (Å²) in [5, 5.41) is 0. The van der Waals surface area contributed by atoms with Crippen LogP contribution in [0.15, 0.2) is 0 Å². The smallest absolute Gasteiger partial charge is 0.772 e. The summed E-state index contributed by atoms with van der Waals surface area (Å²) in [5.74, 6) is 0.0872. The summed E-state index contributed by atoms with van der Waals surface area (Å²) in [6, 6.07) is 0. The Morgan fingerprint density at radius 3 is 2.33 bits per heavy atom. The summed E-state index contributed by atoms with van der Waals surface area (Å²) < 4.78 is 30.7. The largest absolute Gasteiger partial charge is 1.00 e. The summed E-state index contributed by atoms with van der Waals surface area (Å²) in [5.41, 5.74) is 0. The van der Waals surface area contributed by atoms with Gasteiger partial charge in [-0.1, -0.05) is 11.1 Å². The molecule has 9 heavy (non-hydrogen) atoms. The van der Waals surface area contributed by atoms with E-state index in [0.29, 0.717) is 12.8 Å². The number of alkyl halides is 1. The molecule has 0 spiro atoms. The average molecular weight is 162 g/mol. The molecular formula is C4H8FNaO2S. The zero-order chi connectivity index (χ0) is 6.41. The molecular weight excluding hydrogens is 154 g/mol. The maximum atomic E-state index is 11.2. The third-order valence-corrected chi connectivity index (χ3v) is 1.32. The number of rotatable bonds is 4. The van der Waals surface area contributed by atoms with Crippen molar-refractivity contribution in [1.82, 2.24) is 0 Å². The molecule has 50 valence electrons. The number of hydrogen-bond acceptors (Lipinski definition) is 2. The molecule has 0 bridgehead atoms. The van der Waals surface area contributed by atoms with Gasteiger partial charge in [-0.2, -0.15) is 0 Å². The Bertz CT molecular complexity index is 81.0. The molecule has 2 nitrogen and oxygen atoms in total. The predicted octanol–water partition coefficient (Wildman–Crippen LogP) is -2.38. The van der Waals surface area contributed by atoms with E-state index in [1.165, 1.54) is 0 Å². The van der Waals surface area contributed by atoms with Gasteiger partial charge >= 0.3 is 29.6 Å². The predicted molar refractivity (Wildman–Crippen MR) is 29.0 cm³/mol. The minimum absolute atomic E-state index is 0. The minimum atomic E-state index is -1.98. The van der Waals surface area contributed by atoms with Gasteiger partial charge in [0.1, 0.15) is 0 Å². The van der Waals surface area contributed by atoms with Crippen molar-refractivity contribution in [1.29, 1.82) is 0 Å². The third-order valence-electron chi connectivity index (χ3n) is 0.695. The molecule has 0 aliphatic carbocycles. The molecule has 0 aromatic carbocycles. The van der Waals surface area contributed by atoms with Gasteiger partial charge in [-0.05, 0) is 12.8 Å². The second-order valence-corrected chi connectivity index (χ2v) is 2.42. The molecule has 0 amide bonds. The van der Waals surface area contributed by atoms with Crippen LogP contribution in [0.25, 0.3) is 0 Å². The number of hydrogen-bond donors (Lipinski definition) is 0. The van der Waals surface area contributed by atoms with E-state index in [1.807, 2.05) is 0 Å². The summed E-state index contributed by atoms with van der Waals surface area (Å²) >= 11 is -1.98. The van der Waals surface area contributed by atoms with E-state index in [9.17, 15) is 13.2 Å². The maximum absolute atomic E-state index is 11.2. The molecule has 0 aliphatic heterocycles. The van der Waals surface area contributed by atoms with Crippen molar-refractivity contribution < 1.29 is 42.7 Å². The number of unbranched alkanes of at least 4 members (excludes halogenated alkanes) is 1. The van der Waals surface area contributed by atoms with Crippen molar-refractivity contribution in [2.45, 2.75) is 12.8 Å². The molecule has 5 heteroatoms. The quantitative estimate of drug-likeness (QED) is 0.263. The van der Waals surface area contributed by atoms with Gasteiger partial charge in [0.05, 0.1) is 6.67 Å². The van der Waals surface area contributed by atoms with Crippen LogP contribution in [0.4, 0.5) is 4.39 Å². The van der Waals surface area contributed by atoms with Crippen LogP contribution in [0.2, 0.25) is 0 Å².